The van der Waals surface area contributed by atoms with Crippen molar-refractivity contribution < 1.29 is 9.18 Å². The number of hydrogen-bond donors (Lipinski definition) is 1. The highest BCUT2D eigenvalue weighted by atomic mass is 19.1. The third-order valence-electron chi connectivity index (χ3n) is 5.40. The standard InChI is InChI=1S/C24H18FN7O2/c1-14-26-21-6-4-3-5-19(21)24(34)31(14)17-9-7-16(8-10-17)23(33)27-22-13-18(11-12-20(22)25)32-15(2)28-29-30-32/h3-13H,1-2H3,(H,27,33). The van der Waals surface area contributed by atoms with Crippen molar-refractivity contribution in [2.45, 2.75) is 13.8 Å². The third kappa shape index (κ3) is 3.71. The maximum atomic E-state index is 14.4. The smallest absolute Gasteiger partial charge is 0.265 e. The molecule has 0 aliphatic heterocycles. The Kier molecular flexibility index (Phi) is 5.17. The molecule has 0 saturated carbocycles. The lowest BCUT2D eigenvalue weighted by Gasteiger charge is -2.12. The molecule has 9 nitrogen and oxygen atoms in total. The van der Waals surface area contributed by atoms with E-state index in [9.17, 15) is 14.0 Å². The van der Waals surface area contributed by atoms with Gasteiger partial charge in [-0.05, 0) is 78.9 Å². The second-order valence-electron chi connectivity index (χ2n) is 7.62. The van der Waals surface area contributed by atoms with Gasteiger partial charge < -0.3 is 5.32 Å². The number of benzene rings is 3. The zero-order valence-corrected chi connectivity index (χ0v) is 18.2. The molecule has 0 spiro atoms. The van der Waals surface area contributed by atoms with Gasteiger partial charge in [0.05, 0.1) is 28.0 Å². The molecule has 168 valence electrons. The Balaban J connectivity index is 1.43. The molecule has 34 heavy (non-hydrogen) atoms. The zero-order chi connectivity index (χ0) is 23.8. The van der Waals surface area contributed by atoms with Crippen molar-refractivity contribution in [3.05, 3.63) is 100 Å². The molecule has 0 aliphatic rings. The van der Waals surface area contributed by atoms with Crippen LogP contribution in [0.25, 0.3) is 22.3 Å². The van der Waals surface area contributed by atoms with Gasteiger partial charge in [-0.2, -0.15) is 4.68 Å². The number of carbonyl (C=O) groups is 1. The number of fused-ring (bicyclic) bond motifs is 1. The maximum Gasteiger partial charge on any atom is 0.265 e. The van der Waals surface area contributed by atoms with Gasteiger partial charge in [-0.25, -0.2) is 9.37 Å². The molecule has 3 aromatic carbocycles. The van der Waals surface area contributed by atoms with Crippen molar-refractivity contribution in [1.82, 2.24) is 29.8 Å². The highest BCUT2D eigenvalue weighted by Gasteiger charge is 2.14. The molecule has 0 fully saturated rings. The van der Waals surface area contributed by atoms with Crippen LogP contribution >= 0.6 is 0 Å². The first kappa shape index (κ1) is 21.1. The number of aryl methyl sites for hydroxylation is 2. The molecule has 0 bridgehead atoms. The fraction of sp³-hybridized carbons (Fsp3) is 0.0833. The van der Waals surface area contributed by atoms with Gasteiger partial charge in [0.15, 0.2) is 5.82 Å². The lowest BCUT2D eigenvalue weighted by molar-refractivity contribution is 0.102. The molecule has 1 N–H and O–H groups in total. The van der Waals surface area contributed by atoms with Crippen LogP contribution in [0, 0.1) is 19.7 Å². The topological polar surface area (TPSA) is 108 Å². The fourth-order valence-electron chi connectivity index (χ4n) is 3.72. The van der Waals surface area contributed by atoms with Crippen LogP contribution in [0.4, 0.5) is 10.1 Å². The summed E-state index contributed by atoms with van der Waals surface area (Å²) in [5.41, 5.74) is 1.79. The minimum atomic E-state index is -0.594. The van der Waals surface area contributed by atoms with Gasteiger partial charge in [-0.3, -0.25) is 14.2 Å². The molecule has 0 aliphatic carbocycles. The monoisotopic (exact) mass is 455 g/mol. The number of anilines is 1. The van der Waals surface area contributed by atoms with E-state index in [0.717, 1.165) is 0 Å². The number of aromatic nitrogens is 6. The van der Waals surface area contributed by atoms with Gasteiger partial charge >= 0.3 is 0 Å². The summed E-state index contributed by atoms with van der Waals surface area (Å²) in [5, 5.41) is 14.3. The number of halogens is 1. The van der Waals surface area contributed by atoms with Crippen LogP contribution in [-0.4, -0.2) is 35.7 Å². The molecule has 2 heterocycles. The Morgan fingerprint density at radius 2 is 1.68 bits per heavy atom. The van der Waals surface area contributed by atoms with Crippen LogP contribution in [0.5, 0.6) is 0 Å². The fourth-order valence-corrected chi connectivity index (χ4v) is 3.72. The van der Waals surface area contributed by atoms with E-state index in [0.29, 0.717) is 39.5 Å². The summed E-state index contributed by atoms with van der Waals surface area (Å²) in [5.74, 6) is -0.0496. The van der Waals surface area contributed by atoms with E-state index < -0.39 is 11.7 Å². The van der Waals surface area contributed by atoms with E-state index in [1.165, 1.54) is 27.4 Å². The van der Waals surface area contributed by atoms with E-state index in [-0.39, 0.29) is 11.2 Å². The lowest BCUT2D eigenvalue weighted by atomic mass is 10.1. The molecule has 0 unspecified atom stereocenters. The van der Waals surface area contributed by atoms with E-state index in [1.54, 1.807) is 56.3 Å². The van der Waals surface area contributed by atoms with Crippen molar-refractivity contribution in [3.63, 3.8) is 0 Å². The van der Waals surface area contributed by atoms with Crippen molar-refractivity contribution in [2.24, 2.45) is 0 Å². The Hall–Kier alpha value is -4.73. The largest absolute Gasteiger partial charge is 0.319 e. The Morgan fingerprint density at radius 1 is 0.941 bits per heavy atom. The number of para-hydroxylation sites is 1. The van der Waals surface area contributed by atoms with Crippen LogP contribution in [0.1, 0.15) is 22.0 Å². The van der Waals surface area contributed by atoms with Gasteiger partial charge in [0.25, 0.3) is 11.5 Å². The predicted molar refractivity (Wildman–Crippen MR) is 124 cm³/mol. The summed E-state index contributed by atoms with van der Waals surface area (Å²) < 4.78 is 17.3. The molecule has 1 amide bonds. The van der Waals surface area contributed by atoms with Gasteiger partial charge in [0, 0.05) is 5.56 Å². The Bertz CT molecular complexity index is 1610. The van der Waals surface area contributed by atoms with Crippen molar-refractivity contribution >= 4 is 22.5 Å². The summed E-state index contributed by atoms with van der Waals surface area (Å²) in [7, 11) is 0. The first-order valence-corrected chi connectivity index (χ1v) is 10.4. The first-order chi connectivity index (χ1) is 16.4. The van der Waals surface area contributed by atoms with Crippen LogP contribution in [0.2, 0.25) is 0 Å². The molecule has 10 heteroatoms. The highest BCUT2D eigenvalue weighted by Crippen LogP contribution is 2.20. The Morgan fingerprint density at radius 3 is 2.41 bits per heavy atom. The van der Waals surface area contributed by atoms with E-state index in [1.807, 2.05) is 6.07 Å². The SMILES string of the molecule is Cc1nnnn1-c1ccc(F)c(NC(=O)c2ccc(-n3c(C)nc4ccccc4c3=O)cc2)c1. The number of hydrogen-bond acceptors (Lipinski definition) is 6. The van der Waals surface area contributed by atoms with Crippen LogP contribution in [0.15, 0.2) is 71.5 Å². The van der Waals surface area contributed by atoms with Gasteiger partial charge in [0.2, 0.25) is 0 Å². The number of amides is 1. The number of rotatable bonds is 4. The number of nitrogens with zero attached hydrogens (tertiary/aromatic N) is 6. The first-order valence-electron chi connectivity index (χ1n) is 10.4. The minimum Gasteiger partial charge on any atom is -0.319 e. The summed E-state index contributed by atoms with van der Waals surface area (Å²) in [6.45, 7) is 3.46. The van der Waals surface area contributed by atoms with Crippen molar-refractivity contribution in [1.29, 1.82) is 0 Å². The highest BCUT2D eigenvalue weighted by molar-refractivity contribution is 6.04. The van der Waals surface area contributed by atoms with E-state index >= 15 is 0 Å². The molecule has 0 atom stereocenters. The van der Waals surface area contributed by atoms with Gasteiger partial charge in [-0.1, -0.05) is 12.1 Å². The number of carbonyl (C=O) groups excluding carboxylic acids is 1. The summed E-state index contributed by atoms with van der Waals surface area (Å²) in [4.78, 5) is 30.3. The normalized spacial score (nSPS) is 11.0. The molecule has 0 radical (unpaired) electrons. The molecule has 5 rings (SSSR count). The van der Waals surface area contributed by atoms with Crippen LogP contribution in [0.3, 0.4) is 0 Å². The van der Waals surface area contributed by atoms with Crippen molar-refractivity contribution in [2.75, 3.05) is 5.32 Å². The molecular formula is C24H18FN7O2. The molecule has 5 aromatic rings. The lowest BCUT2D eigenvalue weighted by Crippen LogP contribution is -2.22. The average Bonchev–Trinajstić information content (AvgIpc) is 3.26. The second-order valence-corrected chi connectivity index (χ2v) is 7.62. The number of tetrazole rings is 1. The third-order valence-corrected chi connectivity index (χ3v) is 5.40. The Labute approximate surface area is 192 Å². The molecular weight excluding hydrogens is 437 g/mol. The van der Waals surface area contributed by atoms with Crippen molar-refractivity contribution in [3.8, 4) is 11.4 Å². The van der Waals surface area contributed by atoms with E-state index in [2.05, 4.69) is 25.8 Å². The molecule has 0 saturated heterocycles. The summed E-state index contributed by atoms with van der Waals surface area (Å²) in [6, 6.07) is 17.8. The van der Waals surface area contributed by atoms with E-state index in [4.69, 9.17) is 0 Å². The quantitative estimate of drug-likeness (QED) is 0.445. The summed E-state index contributed by atoms with van der Waals surface area (Å²) in [6.07, 6.45) is 0. The minimum absolute atomic E-state index is 0.00716. The van der Waals surface area contributed by atoms with Gasteiger partial charge in [0.1, 0.15) is 11.6 Å². The number of nitrogens with one attached hydrogen (secondary N) is 1. The maximum absolute atomic E-state index is 14.4. The molecule has 2 aromatic heterocycles. The predicted octanol–water partition coefficient (Wildman–Crippen LogP) is 3.37. The van der Waals surface area contributed by atoms with Crippen LogP contribution < -0.4 is 10.9 Å². The zero-order valence-electron chi connectivity index (χ0n) is 18.2. The summed E-state index contributed by atoms with van der Waals surface area (Å²) >= 11 is 0. The second kappa shape index (κ2) is 8.32. The average molecular weight is 455 g/mol. The van der Waals surface area contributed by atoms with Gasteiger partial charge in [-0.15, -0.1) is 5.10 Å². The van der Waals surface area contributed by atoms with Crippen LogP contribution in [-0.2, 0) is 0 Å².